The Bertz CT molecular complexity index is 2190. The van der Waals surface area contributed by atoms with Gasteiger partial charge in [-0.15, -0.1) is 11.6 Å². The highest BCUT2D eigenvalue weighted by Gasteiger charge is 2.23. The van der Waals surface area contributed by atoms with Crippen molar-refractivity contribution < 1.29 is 43.2 Å². The summed E-state index contributed by atoms with van der Waals surface area (Å²) in [6.07, 6.45) is 2.07. The van der Waals surface area contributed by atoms with Crippen molar-refractivity contribution in [1.82, 2.24) is 0 Å². The number of alkyl halides is 1. The largest absolute Gasteiger partial charge is 0.508 e. The average molecular weight is 843 g/mol. The third-order valence-electron chi connectivity index (χ3n) is 9.34. The van der Waals surface area contributed by atoms with Crippen LogP contribution in [0.15, 0.2) is 164 Å². The number of rotatable bonds is 16. The molecule has 0 saturated carbocycles. The number of Topliss-reactive ketones (excluding diaryl/α,β-unsaturated/α-hetero) is 1. The van der Waals surface area contributed by atoms with E-state index in [1.54, 1.807) is 43.5 Å². The van der Waals surface area contributed by atoms with Crippen LogP contribution in [0.5, 0.6) is 17.2 Å². The molecule has 10 heteroatoms. The number of benzene rings is 6. The Morgan fingerprint density at radius 1 is 0.607 bits per heavy atom. The predicted octanol–water partition coefficient (Wildman–Crippen LogP) is 9.86. The zero-order chi connectivity index (χ0) is 43.2. The normalized spacial score (nSPS) is 14.8. The number of ketones is 3. The number of phenols is 1. The van der Waals surface area contributed by atoms with Crippen molar-refractivity contribution in [2.45, 2.75) is 38.1 Å². The van der Waals surface area contributed by atoms with E-state index in [0.29, 0.717) is 53.9 Å². The molecule has 3 atom stereocenters. The minimum absolute atomic E-state index is 0.0256. The molecule has 3 unspecified atom stereocenters. The molecule has 6 aromatic rings. The van der Waals surface area contributed by atoms with Crippen LogP contribution in [0.25, 0.3) is 0 Å². The molecule has 0 spiro atoms. The van der Waals surface area contributed by atoms with E-state index in [9.17, 15) is 14.4 Å². The third kappa shape index (κ3) is 16.5. The number of methoxy groups -OCH3 is 1. The van der Waals surface area contributed by atoms with Gasteiger partial charge in [-0.2, -0.15) is 0 Å². The number of ether oxygens (including phenoxy) is 5. The Morgan fingerprint density at radius 3 is 1.46 bits per heavy atom. The monoisotopic (exact) mass is 842 g/mol. The molecule has 2 heterocycles. The number of epoxide rings is 2. The van der Waals surface area contributed by atoms with Crippen LogP contribution in [0.1, 0.15) is 61.1 Å². The molecule has 1 N–H and O–H groups in total. The van der Waals surface area contributed by atoms with Crippen LogP contribution in [-0.4, -0.2) is 80.2 Å². The molecule has 8 rings (SSSR count). The Labute approximate surface area is 362 Å². The quantitative estimate of drug-likeness (QED) is 0.0576. The number of carbonyl (C=O) groups excluding carboxylic acids is 3. The van der Waals surface area contributed by atoms with E-state index in [1.165, 1.54) is 12.1 Å². The summed E-state index contributed by atoms with van der Waals surface area (Å²) in [5, 5.41) is 9.10. The zero-order valence-corrected chi connectivity index (χ0v) is 35.1. The second-order valence-corrected chi connectivity index (χ2v) is 14.3. The van der Waals surface area contributed by atoms with E-state index in [0.717, 1.165) is 42.3 Å². The summed E-state index contributed by atoms with van der Waals surface area (Å²) in [6.45, 7) is 4.84. The van der Waals surface area contributed by atoms with Crippen LogP contribution >= 0.6 is 11.6 Å². The maximum absolute atomic E-state index is 12.2. The fraction of sp³-hybridized carbons (Fsp3) is 0.235. The summed E-state index contributed by atoms with van der Waals surface area (Å²) in [4.78, 5) is 36.2. The number of carbonyl (C=O) groups is 3. The van der Waals surface area contributed by atoms with Crippen molar-refractivity contribution in [3.05, 3.63) is 197 Å². The van der Waals surface area contributed by atoms with Gasteiger partial charge in [-0.1, -0.05) is 110 Å². The SMILES string of the molecule is CCC(COc1ccc(CC(=O)c2ccccc2)cc1)OC.ClCC1CO1.O=C(c1ccccc1)c1ccc(O)cc1.O=C(c1ccccc1)c1ccc(OCC2CO2)cc1. The van der Waals surface area contributed by atoms with E-state index in [1.807, 2.05) is 115 Å². The molecule has 2 fully saturated rings. The molecule has 2 aliphatic rings. The maximum Gasteiger partial charge on any atom is 0.193 e. The molecule has 0 aromatic heterocycles. The van der Waals surface area contributed by atoms with Crippen molar-refractivity contribution in [3.63, 3.8) is 0 Å². The molecule has 2 aliphatic heterocycles. The first-order valence-corrected chi connectivity index (χ1v) is 20.6. The summed E-state index contributed by atoms with van der Waals surface area (Å²) in [6, 6.07) is 48.8. The maximum atomic E-state index is 12.2. The van der Waals surface area contributed by atoms with Gasteiger partial charge in [0.05, 0.1) is 31.3 Å². The van der Waals surface area contributed by atoms with Gasteiger partial charge in [-0.3, -0.25) is 14.4 Å². The minimum Gasteiger partial charge on any atom is -0.508 e. The van der Waals surface area contributed by atoms with E-state index >= 15 is 0 Å². The number of phenolic OH excluding ortho intramolecular Hbond substituents is 1. The smallest absolute Gasteiger partial charge is 0.193 e. The zero-order valence-electron chi connectivity index (χ0n) is 34.4. The number of aromatic hydroxyl groups is 1. The lowest BCUT2D eigenvalue weighted by molar-refractivity contribution is 0.0556. The summed E-state index contributed by atoms with van der Waals surface area (Å²) >= 11 is 5.27. The lowest BCUT2D eigenvalue weighted by Gasteiger charge is -2.14. The Kier molecular flexibility index (Phi) is 18.7. The van der Waals surface area contributed by atoms with Crippen LogP contribution in [-0.2, 0) is 20.6 Å². The van der Waals surface area contributed by atoms with Crippen LogP contribution in [0, 0.1) is 0 Å². The lowest BCUT2D eigenvalue weighted by Crippen LogP contribution is -2.19. The number of halogens is 1. The summed E-state index contributed by atoms with van der Waals surface area (Å²) in [5.74, 6) is 2.51. The topological polar surface area (TPSA) is 124 Å². The van der Waals surface area contributed by atoms with Crippen molar-refractivity contribution >= 4 is 29.0 Å². The first kappa shape index (κ1) is 46.0. The molecular weight excluding hydrogens is 792 g/mol. The highest BCUT2D eigenvalue weighted by atomic mass is 35.5. The van der Waals surface area contributed by atoms with E-state index in [2.05, 4.69) is 6.92 Å². The third-order valence-corrected chi connectivity index (χ3v) is 9.68. The van der Waals surface area contributed by atoms with Crippen LogP contribution in [0.4, 0.5) is 0 Å². The highest BCUT2D eigenvalue weighted by Crippen LogP contribution is 2.19. The van der Waals surface area contributed by atoms with Crippen molar-refractivity contribution in [2.24, 2.45) is 0 Å². The van der Waals surface area contributed by atoms with Crippen LogP contribution in [0.2, 0.25) is 0 Å². The summed E-state index contributed by atoms with van der Waals surface area (Å²) in [7, 11) is 1.69. The Hall–Kier alpha value is -6.10. The molecule has 9 nitrogen and oxygen atoms in total. The molecular formula is C51H51ClO9. The molecule has 2 saturated heterocycles. The molecule has 61 heavy (non-hydrogen) atoms. The van der Waals surface area contributed by atoms with Crippen molar-refractivity contribution in [1.29, 1.82) is 0 Å². The fourth-order valence-corrected chi connectivity index (χ4v) is 5.67. The average Bonchev–Trinajstić information content (AvgIpc) is 4.27. The Morgan fingerprint density at radius 2 is 1.03 bits per heavy atom. The van der Waals surface area contributed by atoms with Gasteiger partial charge in [-0.05, 0) is 72.6 Å². The summed E-state index contributed by atoms with van der Waals surface area (Å²) in [5.41, 5.74) is 4.33. The van der Waals surface area contributed by atoms with Gasteiger partial charge in [0.2, 0.25) is 0 Å². The van der Waals surface area contributed by atoms with Gasteiger partial charge in [0, 0.05) is 41.3 Å². The van der Waals surface area contributed by atoms with Gasteiger partial charge in [0.15, 0.2) is 17.3 Å². The first-order valence-electron chi connectivity index (χ1n) is 20.1. The van der Waals surface area contributed by atoms with E-state index in [-0.39, 0.29) is 35.3 Å². The van der Waals surface area contributed by atoms with E-state index in [4.69, 9.17) is 40.4 Å². The van der Waals surface area contributed by atoms with Gasteiger partial charge < -0.3 is 28.8 Å². The standard InChI is InChI=1S/C19H22O3.C16H14O3.C13H10O2.C3H5ClO/c1-3-17(21-2)14-22-18-11-9-15(10-12-18)13-19(20)16-7-5-4-6-8-16;17-16(12-4-2-1-3-5-12)13-6-8-14(9-7-13)18-10-15-11-19-15;14-12-8-6-11(7-9-12)13(15)10-4-2-1-3-5-10;4-1-3-2-5-3/h4-12,17H,3,13-14H2,1-2H3;1-9,15H,10-11H2;1-9,14H;3H,1-2H2. The molecule has 0 bridgehead atoms. The summed E-state index contributed by atoms with van der Waals surface area (Å²) < 4.78 is 26.3. The van der Waals surface area contributed by atoms with Gasteiger partial charge in [0.25, 0.3) is 0 Å². The van der Waals surface area contributed by atoms with Gasteiger partial charge in [-0.25, -0.2) is 0 Å². The van der Waals surface area contributed by atoms with Crippen molar-refractivity contribution in [2.75, 3.05) is 39.4 Å². The Balaban J connectivity index is 0.000000165. The highest BCUT2D eigenvalue weighted by molar-refractivity contribution is 6.18. The molecule has 6 aromatic carbocycles. The second kappa shape index (κ2) is 24.9. The van der Waals surface area contributed by atoms with E-state index < -0.39 is 0 Å². The fourth-order valence-electron chi connectivity index (χ4n) is 5.50. The van der Waals surface area contributed by atoms with Crippen LogP contribution < -0.4 is 9.47 Å². The molecule has 0 radical (unpaired) electrons. The van der Waals surface area contributed by atoms with Gasteiger partial charge >= 0.3 is 0 Å². The first-order chi connectivity index (χ1) is 29.8. The lowest BCUT2D eigenvalue weighted by atomic mass is 10.0. The van der Waals surface area contributed by atoms with Gasteiger partial charge in [0.1, 0.15) is 36.6 Å². The molecule has 316 valence electrons. The molecule has 0 aliphatic carbocycles. The molecule has 0 amide bonds. The van der Waals surface area contributed by atoms with Crippen LogP contribution in [0.3, 0.4) is 0 Å². The second-order valence-electron chi connectivity index (χ2n) is 14.0. The predicted molar refractivity (Wildman–Crippen MR) is 237 cm³/mol. The van der Waals surface area contributed by atoms with Crippen molar-refractivity contribution in [3.8, 4) is 17.2 Å². The number of hydrogen-bond donors (Lipinski definition) is 1. The number of hydrogen-bond acceptors (Lipinski definition) is 9. The minimum atomic E-state index is -0.0319.